The zero-order valence-electron chi connectivity index (χ0n) is 8.74. The van der Waals surface area contributed by atoms with Gasteiger partial charge >= 0.3 is 0 Å². The number of amidine groups is 1. The number of hydrogen-bond donors (Lipinski definition) is 3. The van der Waals surface area contributed by atoms with E-state index in [1.54, 1.807) is 6.33 Å². The van der Waals surface area contributed by atoms with Crippen LogP contribution in [0.3, 0.4) is 0 Å². The molecular formula is C10H17N5. The second kappa shape index (κ2) is 3.92. The van der Waals surface area contributed by atoms with Gasteiger partial charge < -0.3 is 16.0 Å². The molecule has 0 bridgehead atoms. The molecule has 5 heteroatoms. The van der Waals surface area contributed by atoms with Crippen molar-refractivity contribution in [2.45, 2.75) is 38.1 Å². The molecule has 1 aromatic rings. The van der Waals surface area contributed by atoms with Gasteiger partial charge in [-0.1, -0.05) is 19.3 Å². The molecule has 0 unspecified atom stereocenters. The quantitative estimate of drug-likeness (QED) is 0.503. The van der Waals surface area contributed by atoms with Crippen LogP contribution in [0.1, 0.15) is 43.8 Å². The summed E-state index contributed by atoms with van der Waals surface area (Å²) < 4.78 is 1.97. The van der Waals surface area contributed by atoms with Crippen LogP contribution in [0.25, 0.3) is 0 Å². The maximum Gasteiger partial charge on any atom is 0.146 e. The molecule has 15 heavy (non-hydrogen) atoms. The van der Waals surface area contributed by atoms with Gasteiger partial charge in [-0.2, -0.15) is 0 Å². The molecule has 2 rings (SSSR count). The van der Waals surface area contributed by atoms with Crippen molar-refractivity contribution in [3.8, 4) is 0 Å². The van der Waals surface area contributed by atoms with Crippen LogP contribution >= 0.6 is 0 Å². The molecule has 82 valence electrons. The van der Waals surface area contributed by atoms with Crippen molar-refractivity contribution in [2.24, 2.45) is 5.73 Å². The summed E-state index contributed by atoms with van der Waals surface area (Å²) in [6.45, 7) is 0. The number of nitrogen functional groups attached to an aromatic ring is 2. The Balaban J connectivity index is 2.24. The lowest BCUT2D eigenvalue weighted by molar-refractivity contribution is 0.356. The molecule has 0 radical (unpaired) electrons. The summed E-state index contributed by atoms with van der Waals surface area (Å²) in [5, 5.41) is 7.33. The molecule has 1 aromatic heterocycles. The van der Waals surface area contributed by atoms with Crippen LogP contribution in [0.2, 0.25) is 0 Å². The summed E-state index contributed by atoms with van der Waals surface area (Å²) in [6.07, 6.45) is 7.82. The monoisotopic (exact) mass is 207 g/mol. The van der Waals surface area contributed by atoms with Crippen molar-refractivity contribution in [3.63, 3.8) is 0 Å². The highest BCUT2D eigenvalue weighted by molar-refractivity contribution is 5.97. The van der Waals surface area contributed by atoms with E-state index in [9.17, 15) is 0 Å². The maximum atomic E-state index is 7.33. The number of anilines is 1. The van der Waals surface area contributed by atoms with Crippen molar-refractivity contribution < 1.29 is 0 Å². The lowest BCUT2D eigenvalue weighted by Crippen LogP contribution is -2.17. The SMILES string of the molecule is N=C(N)c1ncn(C2CCCCC2)c1N. The number of imidazole rings is 1. The van der Waals surface area contributed by atoms with E-state index in [-0.39, 0.29) is 5.84 Å². The van der Waals surface area contributed by atoms with Crippen molar-refractivity contribution in [1.82, 2.24) is 9.55 Å². The van der Waals surface area contributed by atoms with E-state index in [2.05, 4.69) is 4.98 Å². The fraction of sp³-hybridized carbons (Fsp3) is 0.600. The van der Waals surface area contributed by atoms with E-state index in [1.165, 1.54) is 19.3 Å². The van der Waals surface area contributed by atoms with Crippen LogP contribution in [0.15, 0.2) is 6.33 Å². The average Bonchev–Trinajstić information content (AvgIpc) is 2.61. The Morgan fingerprint density at radius 3 is 2.60 bits per heavy atom. The van der Waals surface area contributed by atoms with Crippen LogP contribution in [0, 0.1) is 5.41 Å². The average molecular weight is 207 g/mol. The van der Waals surface area contributed by atoms with E-state index in [0.717, 1.165) is 12.8 Å². The van der Waals surface area contributed by atoms with Crippen molar-refractivity contribution >= 4 is 11.7 Å². The molecule has 0 saturated heterocycles. The third kappa shape index (κ3) is 1.82. The van der Waals surface area contributed by atoms with Crippen molar-refractivity contribution in [2.75, 3.05) is 5.73 Å². The van der Waals surface area contributed by atoms with E-state index in [0.29, 0.717) is 17.6 Å². The standard InChI is InChI=1S/C10H17N5/c11-9(12)8-10(13)15(6-14-8)7-4-2-1-3-5-7/h6-7H,1-5,13H2,(H3,11,12). The minimum atomic E-state index is -0.0536. The molecular weight excluding hydrogens is 190 g/mol. The number of nitrogens with zero attached hydrogens (tertiary/aromatic N) is 2. The van der Waals surface area contributed by atoms with Crippen LogP contribution in [-0.4, -0.2) is 15.4 Å². The van der Waals surface area contributed by atoms with Gasteiger partial charge in [0.2, 0.25) is 0 Å². The Kier molecular flexibility index (Phi) is 2.62. The van der Waals surface area contributed by atoms with Gasteiger partial charge in [0, 0.05) is 6.04 Å². The number of nitrogens with one attached hydrogen (secondary N) is 1. The fourth-order valence-electron chi connectivity index (χ4n) is 2.23. The van der Waals surface area contributed by atoms with Crippen LogP contribution in [-0.2, 0) is 0 Å². The molecule has 1 fully saturated rings. The molecule has 5 nitrogen and oxygen atoms in total. The summed E-state index contributed by atoms with van der Waals surface area (Å²) in [6, 6.07) is 0.444. The molecule has 1 aliphatic carbocycles. The Labute approximate surface area is 89.0 Å². The lowest BCUT2D eigenvalue weighted by Gasteiger charge is -2.23. The molecule has 1 heterocycles. The van der Waals surface area contributed by atoms with Crippen LogP contribution in [0.5, 0.6) is 0 Å². The van der Waals surface area contributed by atoms with Gasteiger partial charge in [0.1, 0.15) is 17.3 Å². The Morgan fingerprint density at radius 2 is 2.07 bits per heavy atom. The van der Waals surface area contributed by atoms with Gasteiger partial charge in [0.05, 0.1) is 6.33 Å². The predicted molar refractivity (Wildman–Crippen MR) is 59.8 cm³/mol. The fourth-order valence-corrected chi connectivity index (χ4v) is 2.23. The highest BCUT2D eigenvalue weighted by Crippen LogP contribution is 2.30. The van der Waals surface area contributed by atoms with Crippen molar-refractivity contribution in [1.29, 1.82) is 5.41 Å². The maximum absolute atomic E-state index is 7.33. The first-order chi connectivity index (χ1) is 7.20. The molecule has 5 N–H and O–H groups in total. The molecule has 0 amide bonds. The highest BCUT2D eigenvalue weighted by atomic mass is 15.1. The minimum Gasteiger partial charge on any atom is -0.383 e. The van der Waals surface area contributed by atoms with Gasteiger partial charge in [-0.3, -0.25) is 5.41 Å². The minimum absolute atomic E-state index is 0.0536. The van der Waals surface area contributed by atoms with Crippen molar-refractivity contribution in [3.05, 3.63) is 12.0 Å². The third-order valence-electron chi connectivity index (χ3n) is 3.06. The van der Waals surface area contributed by atoms with Gasteiger partial charge in [0.15, 0.2) is 0 Å². The van der Waals surface area contributed by atoms with E-state index in [4.69, 9.17) is 16.9 Å². The van der Waals surface area contributed by atoms with Gasteiger partial charge in [-0.05, 0) is 12.8 Å². The molecule has 1 aliphatic rings. The predicted octanol–water partition coefficient (Wildman–Crippen LogP) is 1.25. The van der Waals surface area contributed by atoms with Gasteiger partial charge in [-0.15, -0.1) is 0 Å². The molecule has 1 saturated carbocycles. The zero-order valence-corrected chi connectivity index (χ0v) is 8.74. The first-order valence-electron chi connectivity index (χ1n) is 5.37. The number of rotatable bonds is 2. The van der Waals surface area contributed by atoms with E-state index in [1.807, 2.05) is 4.57 Å². The summed E-state index contributed by atoms with van der Waals surface area (Å²) >= 11 is 0. The smallest absolute Gasteiger partial charge is 0.146 e. The third-order valence-corrected chi connectivity index (χ3v) is 3.06. The van der Waals surface area contributed by atoms with E-state index >= 15 is 0 Å². The van der Waals surface area contributed by atoms with Gasteiger partial charge in [0.25, 0.3) is 0 Å². The summed E-state index contributed by atoms with van der Waals surface area (Å²) in [4.78, 5) is 4.08. The Hall–Kier alpha value is -1.52. The second-order valence-electron chi connectivity index (χ2n) is 4.09. The molecule has 0 aliphatic heterocycles. The number of hydrogen-bond acceptors (Lipinski definition) is 3. The lowest BCUT2D eigenvalue weighted by atomic mass is 9.95. The molecule has 0 aromatic carbocycles. The number of nitrogens with two attached hydrogens (primary N) is 2. The molecule has 0 spiro atoms. The summed E-state index contributed by atoms with van der Waals surface area (Å²) in [7, 11) is 0. The Morgan fingerprint density at radius 1 is 1.40 bits per heavy atom. The van der Waals surface area contributed by atoms with Crippen LogP contribution in [0.4, 0.5) is 5.82 Å². The topological polar surface area (TPSA) is 93.7 Å². The summed E-state index contributed by atoms with van der Waals surface area (Å²) in [5.41, 5.74) is 11.7. The largest absolute Gasteiger partial charge is 0.383 e. The first kappa shape index (κ1) is 10.0. The second-order valence-corrected chi connectivity index (χ2v) is 4.09. The Bertz CT molecular complexity index is 362. The van der Waals surface area contributed by atoms with Gasteiger partial charge in [-0.25, -0.2) is 4.98 Å². The highest BCUT2D eigenvalue weighted by Gasteiger charge is 2.19. The molecule has 0 atom stereocenters. The first-order valence-corrected chi connectivity index (χ1v) is 5.37. The summed E-state index contributed by atoms with van der Waals surface area (Å²) in [5.74, 6) is 0.483. The normalized spacial score (nSPS) is 17.9. The van der Waals surface area contributed by atoms with E-state index < -0.39 is 0 Å². The zero-order chi connectivity index (χ0) is 10.8. The number of aromatic nitrogens is 2. The van der Waals surface area contributed by atoms with Crippen LogP contribution < -0.4 is 11.5 Å².